The van der Waals surface area contributed by atoms with Crippen molar-refractivity contribution in [3.8, 4) is 0 Å². The van der Waals surface area contributed by atoms with E-state index in [0.29, 0.717) is 0 Å². The lowest BCUT2D eigenvalue weighted by Gasteiger charge is -2.37. The Hall–Kier alpha value is -0.340. The molecular formula is C14H20BrN. The third-order valence-corrected chi connectivity index (χ3v) is 4.35. The van der Waals surface area contributed by atoms with Crippen molar-refractivity contribution in [2.24, 2.45) is 5.92 Å². The summed E-state index contributed by atoms with van der Waals surface area (Å²) in [5.74, 6) is 0.846. The number of benzene rings is 1. The maximum absolute atomic E-state index is 3.63. The van der Waals surface area contributed by atoms with E-state index in [1.54, 1.807) is 0 Å². The molecule has 2 rings (SSSR count). The van der Waals surface area contributed by atoms with Gasteiger partial charge < -0.3 is 0 Å². The highest BCUT2D eigenvalue weighted by Crippen LogP contribution is 2.25. The van der Waals surface area contributed by atoms with Crippen molar-refractivity contribution in [2.75, 3.05) is 6.54 Å². The van der Waals surface area contributed by atoms with Crippen LogP contribution in [0, 0.1) is 5.92 Å². The molecule has 0 N–H and O–H groups in total. The Morgan fingerprint density at radius 1 is 1.25 bits per heavy atom. The number of nitrogens with zero attached hydrogens (tertiary/aromatic N) is 1. The predicted molar refractivity (Wildman–Crippen MR) is 72.4 cm³/mol. The molecule has 0 saturated carbocycles. The van der Waals surface area contributed by atoms with Crippen LogP contribution in [0.25, 0.3) is 0 Å². The quantitative estimate of drug-likeness (QED) is 0.790. The molecule has 1 saturated heterocycles. The summed E-state index contributed by atoms with van der Waals surface area (Å²) in [6, 6.07) is 9.28. The third-order valence-electron chi connectivity index (χ3n) is 3.58. The van der Waals surface area contributed by atoms with Gasteiger partial charge in [0.25, 0.3) is 0 Å². The molecule has 0 aliphatic carbocycles. The Labute approximate surface area is 107 Å². The molecule has 2 atom stereocenters. The molecule has 2 heteroatoms. The lowest BCUT2D eigenvalue weighted by Crippen LogP contribution is -2.40. The molecule has 1 aromatic carbocycles. The summed E-state index contributed by atoms with van der Waals surface area (Å²) in [5, 5.41) is 0. The van der Waals surface area contributed by atoms with E-state index < -0.39 is 0 Å². The summed E-state index contributed by atoms with van der Waals surface area (Å²) in [5.41, 5.74) is 1.41. The molecule has 1 aliphatic rings. The van der Waals surface area contributed by atoms with Crippen LogP contribution in [0.3, 0.4) is 0 Å². The van der Waals surface area contributed by atoms with Crippen molar-refractivity contribution in [1.29, 1.82) is 0 Å². The summed E-state index contributed by atoms with van der Waals surface area (Å²) in [7, 11) is 0. The highest BCUT2D eigenvalue weighted by Gasteiger charge is 2.22. The molecule has 0 amide bonds. The van der Waals surface area contributed by atoms with Crippen molar-refractivity contribution >= 4 is 15.9 Å². The second-order valence-electron chi connectivity index (χ2n) is 5.05. The van der Waals surface area contributed by atoms with Crippen LogP contribution < -0.4 is 0 Å². The first-order valence-corrected chi connectivity index (χ1v) is 6.93. The maximum Gasteiger partial charge on any atom is 0.0247 e. The molecular weight excluding hydrogens is 262 g/mol. The summed E-state index contributed by atoms with van der Waals surface area (Å²) >= 11 is 3.63. The van der Waals surface area contributed by atoms with Crippen molar-refractivity contribution in [2.45, 2.75) is 39.3 Å². The second-order valence-corrected chi connectivity index (χ2v) is 5.91. The van der Waals surface area contributed by atoms with Gasteiger partial charge in [0, 0.05) is 23.6 Å². The number of likely N-dealkylation sites (tertiary alicyclic amines) is 1. The average molecular weight is 282 g/mol. The fourth-order valence-electron chi connectivity index (χ4n) is 2.45. The van der Waals surface area contributed by atoms with Gasteiger partial charge in [0.2, 0.25) is 0 Å². The molecule has 1 fully saturated rings. The molecule has 1 aromatic rings. The molecule has 88 valence electrons. The van der Waals surface area contributed by atoms with Gasteiger partial charge in [-0.05, 0) is 37.3 Å². The van der Waals surface area contributed by atoms with E-state index in [-0.39, 0.29) is 0 Å². The second kappa shape index (κ2) is 5.33. The Balaban J connectivity index is 2.06. The standard InChI is InChI=1S/C14H20BrN/c1-11-7-8-12(2)16(9-11)10-13-5-3-4-6-14(13)15/h3-6,11-12H,7-10H2,1-2H3. The van der Waals surface area contributed by atoms with Crippen LogP contribution in [0.4, 0.5) is 0 Å². The average Bonchev–Trinajstić information content (AvgIpc) is 2.27. The lowest BCUT2D eigenvalue weighted by molar-refractivity contribution is 0.117. The molecule has 1 aliphatic heterocycles. The first kappa shape index (κ1) is 12.1. The van der Waals surface area contributed by atoms with E-state index in [1.807, 2.05) is 0 Å². The summed E-state index contributed by atoms with van der Waals surface area (Å²) in [4.78, 5) is 2.61. The van der Waals surface area contributed by atoms with E-state index >= 15 is 0 Å². The first-order valence-electron chi connectivity index (χ1n) is 6.14. The van der Waals surface area contributed by atoms with Gasteiger partial charge in [-0.1, -0.05) is 41.1 Å². The topological polar surface area (TPSA) is 3.24 Å². The molecule has 1 heterocycles. The Bertz CT molecular complexity index is 350. The smallest absolute Gasteiger partial charge is 0.0247 e. The third kappa shape index (κ3) is 2.86. The Kier molecular flexibility index (Phi) is 4.04. The van der Waals surface area contributed by atoms with Gasteiger partial charge in [0.15, 0.2) is 0 Å². The van der Waals surface area contributed by atoms with Crippen LogP contribution >= 0.6 is 15.9 Å². The predicted octanol–water partition coefficient (Wildman–Crippen LogP) is 4.07. The number of hydrogen-bond acceptors (Lipinski definition) is 1. The van der Waals surface area contributed by atoms with Crippen molar-refractivity contribution in [3.05, 3.63) is 34.3 Å². The molecule has 16 heavy (non-hydrogen) atoms. The molecule has 0 aromatic heterocycles. The summed E-state index contributed by atoms with van der Waals surface area (Å²) in [6.45, 7) is 7.02. The highest BCUT2D eigenvalue weighted by molar-refractivity contribution is 9.10. The van der Waals surface area contributed by atoms with Crippen molar-refractivity contribution in [1.82, 2.24) is 4.90 Å². The van der Waals surface area contributed by atoms with Crippen molar-refractivity contribution in [3.63, 3.8) is 0 Å². The van der Waals surface area contributed by atoms with Gasteiger partial charge in [-0.2, -0.15) is 0 Å². The minimum Gasteiger partial charge on any atom is -0.296 e. The normalized spacial score (nSPS) is 26.9. The molecule has 0 spiro atoms. The minimum atomic E-state index is 0.725. The van der Waals surface area contributed by atoms with Gasteiger partial charge in [-0.15, -0.1) is 0 Å². The minimum absolute atomic E-state index is 0.725. The Morgan fingerprint density at radius 3 is 2.75 bits per heavy atom. The first-order chi connectivity index (χ1) is 7.66. The van der Waals surface area contributed by atoms with Gasteiger partial charge in [0.1, 0.15) is 0 Å². The van der Waals surface area contributed by atoms with Gasteiger partial charge in [0.05, 0.1) is 0 Å². The van der Waals surface area contributed by atoms with Crippen LogP contribution in [0.5, 0.6) is 0 Å². The number of rotatable bonds is 2. The van der Waals surface area contributed by atoms with Crippen LogP contribution in [0.15, 0.2) is 28.7 Å². The van der Waals surface area contributed by atoms with E-state index in [9.17, 15) is 0 Å². The number of piperidine rings is 1. The molecule has 0 bridgehead atoms. The summed E-state index contributed by atoms with van der Waals surface area (Å²) in [6.07, 6.45) is 2.72. The zero-order valence-electron chi connectivity index (χ0n) is 10.1. The molecule has 2 unspecified atom stereocenters. The zero-order chi connectivity index (χ0) is 11.5. The largest absolute Gasteiger partial charge is 0.296 e. The fourth-order valence-corrected chi connectivity index (χ4v) is 2.86. The highest BCUT2D eigenvalue weighted by atomic mass is 79.9. The monoisotopic (exact) mass is 281 g/mol. The van der Waals surface area contributed by atoms with Crippen LogP contribution in [-0.4, -0.2) is 17.5 Å². The molecule has 0 radical (unpaired) electrons. The van der Waals surface area contributed by atoms with E-state index in [2.05, 4.69) is 58.9 Å². The van der Waals surface area contributed by atoms with Crippen LogP contribution in [0.1, 0.15) is 32.3 Å². The molecule has 1 nitrogen and oxygen atoms in total. The number of halogens is 1. The van der Waals surface area contributed by atoms with Crippen molar-refractivity contribution < 1.29 is 0 Å². The number of hydrogen-bond donors (Lipinski definition) is 0. The van der Waals surface area contributed by atoms with Crippen LogP contribution in [0.2, 0.25) is 0 Å². The maximum atomic E-state index is 3.63. The fraction of sp³-hybridized carbons (Fsp3) is 0.571. The van der Waals surface area contributed by atoms with E-state index in [0.717, 1.165) is 18.5 Å². The van der Waals surface area contributed by atoms with E-state index in [1.165, 1.54) is 29.4 Å². The summed E-state index contributed by atoms with van der Waals surface area (Å²) < 4.78 is 1.24. The Morgan fingerprint density at radius 2 is 2.00 bits per heavy atom. The lowest BCUT2D eigenvalue weighted by atomic mass is 9.94. The van der Waals surface area contributed by atoms with Gasteiger partial charge in [-0.3, -0.25) is 4.90 Å². The SMILES string of the molecule is CC1CCC(C)N(Cc2ccccc2Br)C1. The zero-order valence-corrected chi connectivity index (χ0v) is 11.7. The van der Waals surface area contributed by atoms with Crippen LogP contribution in [-0.2, 0) is 6.54 Å². The van der Waals surface area contributed by atoms with Gasteiger partial charge >= 0.3 is 0 Å². The van der Waals surface area contributed by atoms with Gasteiger partial charge in [-0.25, -0.2) is 0 Å². The van der Waals surface area contributed by atoms with E-state index in [4.69, 9.17) is 0 Å².